The molecule has 1 saturated carbocycles. The van der Waals surface area contributed by atoms with Crippen molar-refractivity contribution in [1.82, 2.24) is 0 Å². The van der Waals surface area contributed by atoms with Crippen molar-refractivity contribution in [2.75, 3.05) is 7.11 Å². The van der Waals surface area contributed by atoms with Crippen molar-refractivity contribution >= 4 is 0 Å². The molecule has 88 valence electrons. The summed E-state index contributed by atoms with van der Waals surface area (Å²) in [7, 11) is 1.45. The Kier molecular flexibility index (Phi) is 3.41. The van der Waals surface area contributed by atoms with Gasteiger partial charge < -0.3 is 15.2 Å². The van der Waals surface area contributed by atoms with E-state index in [4.69, 9.17) is 15.2 Å². The maximum absolute atomic E-state index is 13.3. The lowest BCUT2D eigenvalue weighted by molar-refractivity contribution is -0.0189. The van der Waals surface area contributed by atoms with Crippen LogP contribution in [0.3, 0.4) is 0 Å². The maximum Gasteiger partial charge on any atom is 0.165 e. The number of halogens is 1. The predicted octanol–water partition coefficient (Wildman–Crippen LogP) is 1.84. The Hall–Kier alpha value is -1.13. The van der Waals surface area contributed by atoms with Gasteiger partial charge in [-0.1, -0.05) is 6.07 Å². The first-order valence-corrected chi connectivity index (χ1v) is 5.38. The van der Waals surface area contributed by atoms with Gasteiger partial charge in [0.1, 0.15) is 0 Å². The summed E-state index contributed by atoms with van der Waals surface area (Å²) in [5.41, 5.74) is 6.46. The SMILES string of the molecule is COc1ccc(COC2CC(N)C2)cc1F. The number of benzene rings is 1. The molecule has 1 aromatic carbocycles. The molecule has 0 amide bonds. The van der Waals surface area contributed by atoms with Crippen LogP contribution < -0.4 is 10.5 Å². The molecule has 0 atom stereocenters. The Morgan fingerprint density at radius 3 is 2.75 bits per heavy atom. The molecule has 1 aliphatic carbocycles. The van der Waals surface area contributed by atoms with Crippen molar-refractivity contribution in [2.45, 2.75) is 31.6 Å². The molecule has 0 saturated heterocycles. The van der Waals surface area contributed by atoms with Gasteiger partial charge in [0.25, 0.3) is 0 Å². The van der Waals surface area contributed by atoms with Crippen LogP contribution in [-0.4, -0.2) is 19.3 Å². The monoisotopic (exact) mass is 225 g/mol. The van der Waals surface area contributed by atoms with Crippen LogP contribution >= 0.6 is 0 Å². The van der Waals surface area contributed by atoms with E-state index in [9.17, 15) is 4.39 Å². The highest BCUT2D eigenvalue weighted by Crippen LogP contribution is 2.23. The summed E-state index contributed by atoms with van der Waals surface area (Å²) in [4.78, 5) is 0. The number of hydrogen-bond acceptors (Lipinski definition) is 3. The minimum Gasteiger partial charge on any atom is -0.494 e. The Labute approximate surface area is 94.3 Å². The largest absolute Gasteiger partial charge is 0.494 e. The molecule has 2 N–H and O–H groups in total. The fraction of sp³-hybridized carbons (Fsp3) is 0.500. The molecule has 2 rings (SSSR count). The molecule has 0 unspecified atom stereocenters. The zero-order valence-electron chi connectivity index (χ0n) is 9.28. The van der Waals surface area contributed by atoms with Gasteiger partial charge in [-0.3, -0.25) is 0 Å². The van der Waals surface area contributed by atoms with Gasteiger partial charge >= 0.3 is 0 Å². The smallest absolute Gasteiger partial charge is 0.165 e. The van der Waals surface area contributed by atoms with Crippen molar-refractivity contribution < 1.29 is 13.9 Å². The number of hydrogen-bond donors (Lipinski definition) is 1. The fourth-order valence-corrected chi connectivity index (χ4v) is 1.76. The van der Waals surface area contributed by atoms with E-state index in [1.165, 1.54) is 13.2 Å². The van der Waals surface area contributed by atoms with Gasteiger partial charge in [0.2, 0.25) is 0 Å². The van der Waals surface area contributed by atoms with Crippen LogP contribution in [0.1, 0.15) is 18.4 Å². The van der Waals surface area contributed by atoms with Gasteiger partial charge in [-0.25, -0.2) is 4.39 Å². The topological polar surface area (TPSA) is 44.5 Å². The van der Waals surface area contributed by atoms with Gasteiger partial charge in [0.05, 0.1) is 19.8 Å². The summed E-state index contributed by atoms with van der Waals surface area (Å²) < 4.78 is 23.7. The molecule has 0 radical (unpaired) electrons. The van der Waals surface area contributed by atoms with E-state index in [2.05, 4.69) is 0 Å². The molecular weight excluding hydrogens is 209 g/mol. The Balaban J connectivity index is 1.87. The van der Waals surface area contributed by atoms with Crippen LogP contribution in [0.5, 0.6) is 5.75 Å². The zero-order chi connectivity index (χ0) is 11.5. The van der Waals surface area contributed by atoms with Gasteiger partial charge in [-0.15, -0.1) is 0 Å². The maximum atomic E-state index is 13.3. The average Bonchev–Trinajstić information content (AvgIpc) is 2.23. The highest BCUT2D eigenvalue weighted by atomic mass is 19.1. The third-order valence-corrected chi connectivity index (χ3v) is 2.83. The van der Waals surface area contributed by atoms with Crippen LogP contribution in [0.25, 0.3) is 0 Å². The minimum atomic E-state index is -0.353. The molecule has 1 aromatic rings. The molecular formula is C12H16FNO2. The lowest BCUT2D eigenvalue weighted by Gasteiger charge is -2.32. The fourth-order valence-electron chi connectivity index (χ4n) is 1.76. The number of rotatable bonds is 4. The summed E-state index contributed by atoms with van der Waals surface area (Å²) in [6, 6.07) is 5.14. The van der Waals surface area contributed by atoms with E-state index < -0.39 is 0 Å². The first kappa shape index (κ1) is 11.4. The molecule has 1 aliphatic rings. The van der Waals surface area contributed by atoms with E-state index in [-0.39, 0.29) is 23.7 Å². The summed E-state index contributed by atoms with van der Waals surface area (Å²) in [6.45, 7) is 0.429. The summed E-state index contributed by atoms with van der Waals surface area (Å²) in [5.74, 6) is -0.0941. The quantitative estimate of drug-likeness (QED) is 0.850. The van der Waals surface area contributed by atoms with E-state index >= 15 is 0 Å². The van der Waals surface area contributed by atoms with Crippen molar-refractivity contribution in [1.29, 1.82) is 0 Å². The molecule has 0 aliphatic heterocycles. The lowest BCUT2D eigenvalue weighted by atomic mass is 9.90. The molecule has 0 spiro atoms. The first-order valence-electron chi connectivity index (χ1n) is 5.38. The molecule has 0 heterocycles. The zero-order valence-corrected chi connectivity index (χ0v) is 9.28. The molecule has 16 heavy (non-hydrogen) atoms. The van der Waals surface area contributed by atoms with E-state index in [1.54, 1.807) is 12.1 Å². The van der Waals surface area contributed by atoms with Gasteiger partial charge in [-0.2, -0.15) is 0 Å². The van der Waals surface area contributed by atoms with Crippen LogP contribution in [0.15, 0.2) is 18.2 Å². The molecule has 0 aromatic heterocycles. The van der Waals surface area contributed by atoms with Gasteiger partial charge in [0, 0.05) is 6.04 Å². The van der Waals surface area contributed by atoms with Crippen molar-refractivity contribution in [3.63, 3.8) is 0 Å². The Morgan fingerprint density at radius 1 is 1.44 bits per heavy atom. The highest BCUT2D eigenvalue weighted by molar-refractivity contribution is 5.28. The van der Waals surface area contributed by atoms with Crippen molar-refractivity contribution in [3.8, 4) is 5.75 Å². The van der Waals surface area contributed by atoms with E-state index in [1.807, 2.05) is 0 Å². The third kappa shape index (κ3) is 2.51. The molecule has 0 bridgehead atoms. The van der Waals surface area contributed by atoms with Crippen molar-refractivity contribution in [3.05, 3.63) is 29.6 Å². The second-order valence-corrected chi connectivity index (χ2v) is 4.13. The average molecular weight is 225 g/mol. The van der Waals surface area contributed by atoms with E-state index in [0.717, 1.165) is 18.4 Å². The Bertz CT molecular complexity index is 364. The van der Waals surface area contributed by atoms with Crippen molar-refractivity contribution in [2.24, 2.45) is 5.73 Å². The lowest BCUT2D eigenvalue weighted by Crippen LogP contribution is -2.41. The predicted molar refractivity (Wildman–Crippen MR) is 58.7 cm³/mol. The third-order valence-electron chi connectivity index (χ3n) is 2.83. The highest BCUT2D eigenvalue weighted by Gasteiger charge is 2.26. The van der Waals surface area contributed by atoms with Gasteiger partial charge in [-0.05, 0) is 30.5 Å². The number of methoxy groups -OCH3 is 1. The van der Waals surface area contributed by atoms with Crippen LogP contribution in [-0.2, 0) is 11.3 Å². The standard InChI is InChI=1S/C12H16FNO2/c1-15-12-3-2-8(4-11(12)13)7-16-10-5-9(14)6-10/h2-4,9-10H,5-7,14H2,1H3. The number of ether oxygens (including phenoxy) is 2. The molecule has 1 fully saturated rings. The second-order valence-electron chi connectivity index (χ2n) is 4.13. The second kappa shape index (κ2) is 4.80. The Morgan fingerprint density at radius 2 is 2.19 bits per heavy atom. The summed E-state index contributed by atoms with van der Waals surface area (Å²) in [6.07, 6.45) is 2.04. The first-order chi connectivity index (χ1) is 7.69. The van der Waals surface area contributed by atoms with Gasteiger partial charge in [0.15, 0.2) is 11.6 Å². The van der Waals surface area contributed by atoms with Crippen LogP contribution in [0.4, 0.5) is 4.39 Å². The number of nitrogens with two attached hydrogens (primary N) is 1. The normalized spacial score (nSPS) is 23.9. The summed E-state index contributed by atoms with van der Waals surface area (Å²) in [5, 5.41) is 0. The van der Waals surface area contributed by atoms with E-state index in [0.29, 0.717) is 6.61 Å². The molecule has 3 nitrogen and oxygen atoms in total. The minimum absolute atomic E-state index is 0.236. The summed E-state index contributed by atoms with van der Waals surface area (Å²) >= 11 is 0. The molecule has 4 heteroatoms. The van der Waals surface area contributed by atoms with Crippen LogP contribution in [0, 0.1) is 5.82 Å². The van der Waals surface area contributed by atoms with Crippen LogP contribution in [0.2, 0.25) is 0 Å².